The summed E-state index contributed by atoms with van der Waals surface area (Å²) in [5, 5.41) is 0. The van der Waals surface area contributed by atoms with Gasteiger partial charge < -0.3 is 14.2 Å². The van der Waals surface area contributed by atoms with Crippen molar-refractivity contribution in [1.29, 1.82) is 0 Å². The second kappa shape index (κ2) is 3.11. The zero-order valence-corrected chi connectivity index (χ0v) is 8.51. The van der Waals surface area contributed by atoms with E-state index < -0.39 is 7.60 Å². The maximum absolute atomic E-state index is 10.9. The summed E-state index contributed by atoms with van der Waals surface area (Å²) in [6.45, 7) is 6.23. The summed E-state index contributed by atoms with van der Waals surface area (Å²) < 4.78 is 20.9. The van der Waals surface area contributed by atoms with Gasteiger partial charge in [0.2, 0.25) is 0 Å². The van der Waals surface area contributed by atoms with Gasteiger partial charge in [0.05, 0.1) is 12.7 Å². The Hall–Kier alpha value is 0.110. The Labute approximate surface area is 72.4 Å². The van der Waals surface area contributed by atoms with Gasteiger partial charge in [0.1, 0.15) is 6.35 Å². The van der Waals surface area contributed by atoms with Crippen LogP contribution in [0.15, 0.2) is 0 Å². The third-order valence-corrected chi connectivity index (χ3v) is 2.86. The fourth-order valence-electron chi connectivity index (χ4n) is 0.954. The van der Waals surface area contributed by atoms with Crippen LogP contribution in [-0.2, 0) is 13.8 Å². The highest BCUT2D eigenvalue weighted by atomic mass is 31.2. The smallest absolute Gasteiger partial charge is 0.353 e. The zero-order chi connectivity index (χ0) is 9.41. The summed E-state index contributed by atoms with van der Waals surface area (Å²) in [5.41, 5.74) is -0.0413. The molecular formula is C7H15O4P. The van der Waals surface area contributed by atoms with Gasteiger partial charge in [-0.15, -0.1) is 0 Å². The molecule has 0 aromatic heterocycles. The minimum absolute atomic E-state index is 0.0413. The molecular weight excluding hydrogens is 179 g/mol. The first-order valence-corrected chi connectivity index (χ1v) is 5.65. The lowest BCUT2D eigenvalue weighted by molar-refractivity contribution is -0.0563. The molecule has 72 valence electrons. The van der Waals surface area contributed by atoms with Crippen LogP contribution in [0.1, 0.15) is 20.8 Å². The Kier molecular flexibility index (Phi) is 2.64. The van der Waals surface area contributed by atoms with Crippen LogP contribution in [0.3, 0.4) is 0 Å². The summed E-state index contributed by atoms with van der Waals surface area (Å²) in [6, 6.07) is 0. The molecule has 2 atom stereocenters. The zero-order valence-electron chi connectivity index (χ0n) is 7.61. The van der Waals surface area contributed by atoms with Gasteiger partial charge in [0.25, 0.3) is 0 Å². The lowest BCUT2D eigenvalue weighted by Crippen LogP contribution is -2.36. The molecule has 1 aliphatic heterocycles. The third-order valence-electron chi connectivity index (χ3n) is 1.83. The Morgan fingerprint density at radius 3 is 2.42 bits per heavy atom. The molecule has 2 unspecified atom stereocenters. The van der Waals surface area contributed by atoms with Gasteiger partial charge in [-0.05, 0) is 5.41 Å². The van der Waals surface area contributed by atoms with E-state index in [9.17, 15) is 4.57 Å². The average Bonchev–Trinajstić information content (AvgIpc) is 1.83. The monoisotopic (exact) mass is 194 g/mol. The second-order valence-corrected chi connectivity index (χ2v) is 5.87. The topological polar surface area (TPSA) is 55.8 Å². The van der Waals surface area contributed by atoms with Gasteiger partial charge in [-0.3, -0.25) is 4.57 Å². The molecule has 0 saturated carbocycles. The van der Waals surface area contributed by atoms with E-state index in [0.29, 0.717) is 0 Å². The molecule has 0 amide bonds. The van der Waals surface area contributed by atoms with Gasteiger partial charge in [0.15, 0.2) is 0 Å². The molecule has 0 radical (unpaired) electrons. The first-order chi connectivity index (χ1) is 5.31. The molecule has 1 saturated heterocycles. The number of rotatable bonds is 0. The minimum Gasteiger partial charge on any atom is -0.363 e. The molecule has 1 heterocycles. The Morgan fingerprint density at radius 1 is 1.50 bits per heavy atom. The van der Waals surface area contributed by atoms with E-state index in [1.165, 1.54) is 0 Å². The lowest BCUT2D eigenvalue weighted by atomic mass is 9.89. The fourth-order valence-corrected chi connectivity index (χ4v) is 1.76. The molecule has 12 heavy (non-hydrogen) atoms. The van der Waals surface area contributed by atoms with E-state index in [2.05, 4.69) is 0 Å². The van der Waals surface area contributed by atoms with Gasteiger partial charge >= 0.3 is 7.60 Å². The molecule has 4 nitrogen and oxygen atoms in total. The Balaban J connectivity index is 2.53. The fraction of sp³-hybridized carbons (Fsp3) is 1.00. The van der Waals surface area contributed by atoms with Crippen molar-refractivity contribution in [2.45, 2.75) is 26.9 Å². The van der Waals surface area contributed by atoms with Crippen molar-refractivity contribution < 1.29 is 18.7 Å². The van der Waals surface area contributed by atoms with E-state index in [4.69, 9.17) is 14.2 Å². The van der Waals surface area contributed by atoms with Crippen LogP contribution in [0.4, 0.5) is 0 Å². The molecule has 1 fully saturated rings. The number of hydrogen-bond donors (Lipinski definition) is 1. The summed E-state index contributed by atoms with van der Waals surface area (Å²) in [5.74, 6) is 0. The van der Waals surface area contributed by atoms with E-state index >= 15 is 0 Å². The first-order valence-electron chi connectivity index (χ1n) is 3.89. The highest BCUT2D eigenvalue weighted by Gasteiger charge is 2.35. The maximum atomic E-state index is 10.9. The van der Waals surface area contributed by atoms with E-state index in [-0.39, 0.29) is 24.5 Å². The van der Waals surface area contributed by atoms with E-state index in [0.717, 1.165) is 0 Å². The van der Waals surface area contributed by atoms with Crippen molar-refractivity contribution in [2.75, 3.05) is 13.0 Å². The van der Waals surface area contributed by atoms with E-state index in [1.54, 1.807) is 0 Å². The molecule has 0 spiro atoms. The Bertz CT molecular complexity index is 196. The lowest BCUT2D eigenvalue weighted by Gasteiger charge is -2.34. The number of ether oxygens (including phenoxy) is 1. The van der Waals surface area contributed by atoms with Crippen molar-refractivity contribution in [3.8, 4) is 0 Å². The van der Waals surface area contributed by atoms with Crippen LogP contribution in [-0.4, -0.2) is 24.0 Å². The predicted octanol–water partition coefficient (Wildman–Crippen LogP) is 1.59. The van der Waals surface area contributed by atoms with Crippen molar-refractivity contribution in [3.63, 3.8) is 0 Å². The van der Waals surface area contributed by atoms with Gasteiger partial charge in [-0.2, -0.15) is 0 Å². The van der Waals surface area contributed by atoms with Gasteiger partial charge in [0, 0.05) is 0 Å². The van der Waals surface area contributed by atoms with Crippen molar-refractivity contribution in [1.82, 2.24) is 0 Å². The summed E-state index contributed by atoms with van der Waals surface area (Å²) in [7, 11) is -3.42. The molecule has 0 aromatic carbocycles. The van der Waals surface area contributed by atoms with Gasteiger partial charge in [-0.1, -0.05) is 20.8 Å². The van der Waals surface area contributed by atoms with Crippen LogP contribution < -0.4 is 0 Å². The highest BCUT2D eigenvalue weighted by Crippen LogP contribution is 2.47. The highest BCUT2D eigenvalue weighted by molar-refractivity contribution is 7.52. The summed E-state index contributed by atoms with van der Waals surface area (Å²) >= 11 is 0. The standard InChI is InChI=1S/C7H15O4P/c1-7(2,3)6-4-11-12(8,9)5-10-6/h6H,4-5H2,1-3H3,(H,8,9). The SMILES string of the molecule is CC(C)(C)C1COP(=O)(O)CO1. The average molecular weight is 194 g/mol. The van der Waals surface area contributed by atoms with Crippen LogP contribution in [0.25, 0.3) is 0 Å². The second-order valence-electron chi connectivity index (χ2n) is 4.08. The van der Waals surface area contributed by atoms with Crippen LogP contribution in [0, 0.1) is 5.41 Å². The van der Waals surface area contributed by atoms with Crippen molar-refractivity contribution in [3.05, 3.63) is 0 Å². The largest absolute Gasteiger partial charge is 0.363 e. The molecule has 0 bridgehead atoms. The summed E-state index contributed by atoms with van der Waals surface area (Å²) in [6.07, 6.45) is -0.277. The van der Waals surface area contributed by atoms with Crippen molar-refractivity contribution >= 4 is 7.60 Å². The number of hydrogen-bond acceptors (Lipinski definition) is 3. The molecule has 1 aliphatic rings. The third kappa shape index (κ3) is 2.56. The van der Waals surface area contributed by atoms with Gasteiger partial charge in [-0.25, -0.2) is 0 Å². The Morgan fingerprint density at radius 2 is 2.08 bits per heavy atom. The van der Waals surface area contributed by atoms with Crippen LogP contribution in [0.2, 0.25) is 0 Å². The molecule has 1 N–H and O–H groups in total. The normalized spacial score (nSPS) is 38.2. The first kappa shape index (κ1) is 10.2. The summed E-state index contributed by atoms with van der Waals surface area (Å²) in [4.78, 5) is 8.97. The predicted molar refractivity (Wildman–Crippen MR) is 45.0 cm³/mol. The quantitative estimate of drug-likeness (QED) is 0.595. The molecule has 0 aliphatic carbocycles. The maximum Gasteiger partial charge on any atom is 0.353 e. The minimum atomic E-state index is -3.42. The van der Waals surface area contributed by atoms with Crippen LogP contribution >= 0.6 is 7.60 Å². The van der Waals surface area contributed by atoms with Crippen LogP contribution in [0.5, 0.6) is 0 Å². The molecule has 1 rings (SSSR count). The molecule has 5 heteroatoms. The van der Waals surface area contributed by atoms with E-state index in [1.807, 2.05) is 20.8 Å². The van der Waals surface area contributed by atoms with Crippen molar-refractivity contribution in [2.24, 2.45) is 5.41 Å². The molecule has 0 aromatic rings.